The number of benzene rings is 4. The van der Waals surface area contributed by atoms with Crippen LogP contribution < -0.4 is 3.27 Å². The van der Waals surface area contributed by atoms with Gasteiger partial charge < -0.3 is 0 Å². The molecule has 0 heterocycles. The summed E-state index contributed by atoms with van der Waals surface area (Å²) in [6, 6.07) is 28.3. The molecule has 2 heteroatoms. The van der Waals surface area contributed by atoms with Gasteiger partial charge in [0, 0.05) is 0 Å². The Labute approximate surface area is 273 Å². The number of hydrogen-bond acceptors (Lipinski definition) is 0. The summed E-state index contributed by atoms with van der Waals surface area (Å²) in [5.41, 5.74) is 18.6. The standard InChI is InChI=1S/C39H41.C2H7Si.Zr/c1-8-13-26-23-33-29(25-14-10-9-11-15-25)16-12-17-32(33)36(26)37-34-24-27-22-28(38(2,3)4)18-19-30(27)31(34)20-21-35(37)39(5,6)7;1-3-2;/h9-12,14-20,22-23,36H,8,13,24H2,1-7H3;3H,1-2H3;. The van der Waals surface area contributed by atoms with Crippen molar-refractivity contribution < 1.29 is 22.4 Å². The van der Waals surface area contributed by atoms with Crippen molar-refractivity contribution in [2.75, 3.05) is 0 Å². The molecule has 6 rings (SSSR count). The predicted octanol–water partition coefficient (Wildman–Crippen LogP) is 10.5. The van der Waals surface area contributed by atoms with E-state index in [1.807, 2.05) is 0 Å². The second-order valence-electron chi connectivity index (χ2n) is 15.2. The molecule has 4 aromatic carbocycles. The van der Waals surface area contributed by atoms with Gasteiger partial charge in [-0.3, -0.25) is 0 Å². The second kappa shape index (κ2) is 11.6. The van der Waals surface area contributed by atoms with Crippen molar-refractivity contribution in [3.63, 3.8) is 0 Å². The molecular weight excluding hydrogens is 612 g/mol. The van der Waals surface area contributed by atoms with Crippen LogP contribution in [-0.2, 0) is 39.6 Å². The van der Waals surface area contributed by atoms with Crippen molar-refractivity contribution in [3.05, 3.63) is 117 Å². The molecule has 1 atom stereocenters. The van der Waals surface area contributed by atoms with E-state index in [9.17, 15) is 0 Å². The van der Waals surface area contributed by atoms with Gasteiger partial charge in [-0.15, -0.1) is 0 Å². The van der Waals surface area contributed by atoms with Gasteiger partial charge in [0.15, 0.2) is 0 Å². The van der Waals surface area contributed by atoms with E-state index in [0.29, 0.717) is 5.92 Å². The summed E-state index contributed by atoms with van der Waals surface area (Å²) < 4.78 is 1.78. The van der Waals surface area contributed by atoms with Gasteiger partial charge in [-0.05, 0) is 0 Å². The van der Waals surface area contributed by atoms with Gasteiger partial charge in [0.2, 0.25) is 0 Å². The van der Waals surface area contributed by atoms with E-state index in [1.54, 1.807) is 31.1 Å². The van der Waals surface area contributed by atoms with Crippen LogP contribution in [0.3, 0.4) is 0 Å². The minimum absolute atomic E-state index is 0.103. The molecule has 0 N–H and O–H groups in total. The maximum atomic E-state index is 2.71. The van der Waals surface area contributed by atoms with Gasteiger partial charge in [0.05, 0.1) is 0 Å². The zero-order chi connectivity index (χ0) is 30.7. The molecule has 0 amide bonds. The van der Waals surface area contributed by atoms with Crippen molar-refractivity contribution in [3.8, 4) is 22.3 Å². The molecule has 2 aliphatic rings. The monoisotopic (exact) mass is 658 g/mol. The second-order valence-corrected chi connectivity index (χ2v) is 29.7. The zero-order valence-electron chi connectivity index (χ0n) is 27.8. The molecule has 0 bridgehead atoms. The predicted molar refractivity (Wildman–Crippen MR) is 187 cm³/mol. The summed E-state index contributed by atoms with van der Waals surface area (Å²) in [6.07, 6.45) is 5.97. The normalized spacial score (nSPS) is 15.8. The van der Waals surface area contributed by atoms with Crippen molar-refractivity contribution >= 4 is 15.3 Å². The average Bonchev–Trinajstić information content (AvgIpc) is 3.49. The topological polar surface area (TPSA) is 0 Å². The molecule has 0 aliphatic heterocycles. The molecule has 4 aromatic rings. The number of hydrogen-bond donors (Lipinski definition) is 0. The van der Waals surface area contributed by atoms with Crippen LogP contribution in [0.25, 0.3) is 28.3 Å². The van der Waals surface area contributed by atoms with E-state index in [-0.39, 0.29) is 10.8 Å². The maximum absolute atomic E-state index is 2.71. The van der Waals surface area contributed by atoms with E-state index in [1.165, 1.54) is 45.4 Å². The first-order chi connectivity index (χ1) is 20.4. The Bertz CT molecular complexity index is 1710. The Kier molecular flexibility index (Phi) is 8.27. The number of rotatable bonds is 6. The molecular formula is C41H48SiZr. The summed E-state index contributed by atoms with van der Waals surface area (Å²) in [7, 11) is 0. The third-order valence-corrected chi connectivity index (χ3v) is 17.8. The van der Waals surface area contributed by atoms with Crippen molar-refractivity contribution in [1.29, 1.82) is 0 Å². The molecule has 0 saturated carbocycles. The third-order valence-electron chi connectivity index (χ3n) is 9.36. The summed E-state index contributed by atoms with van der Waals surface area (Å²) >= 11 is -0.668. The Morgan fingerprint density at radius 1 is 0.791 bits per heavy atom. The Balaban J connectivity index is 1.66. The molecule has 0 saturated heterocycles. The van der Waals surface area contributed by atoms with E-state index in [4.69, 9.17) is 0 Å². The fourth-order valence-electron chi connectivity index (χ4n) is 7.57. The molecule has 220 valence electrons. The fourth-order valence-corrected chi connectivity index (χ4v) is 16.3. The van der Waals surface area contributed by atoms with Crippen LogP contribution in [0.2, 0.25) is 13.1 Å². The van der Waals surface area contributed by atoms with Crippen LogP contribution in [0.4, 0.5) is 0 Å². The van der Waals surface area contributed by atoms with Gasteiger partial charge in [-0.1, -0.05) is 0 Å². The van der Waals surface area contributed by atoms with E-state index in [0.717, 1.165) is 12.8 Å². The van der Waals surface area contributed by atoms with Gasteiger partial charge in [0.25, 0.3) is 0 Å². The number of fused-ring (bicyclic) bond motifs is 4. The van der Waals surface area contributed by atoms with Crippen LogP contribution in [0.15, 0.2) is 78.4 Å². The van der Waals surface area contributed by atoms with E-state index < -0.39 is 28.3 Å². The van der Waals surface area contributed by atoms with Crippen molar-refractivity contribution in [1.82, 2.24) is 0 Å². The molecule has 0 spiro atoms. The van der Waals surface area contributed by atoms with Crippen LogP contribution in [0, 0.1) is 0 Å². The van der Waals surface area contributed by atoms with Crippen LogP contribution in [0.5, 0.6) is 0 Å². The summed E-state index contributed by atoms with van der Waals surface area (Å²) in [6.45, 7) is 22.0. The minimum atomic E-state index is -0.686. The number of allylic oxidation sites excluding steroid dienone is 1. The van der Waals surface area contributed by atoms with Crippen molar-refractivity contribution in [2.24, 2.45) is 0 Å². The molecule has 2 aliphatic carbocycles. The first-order valence-electron chi connectivity index (χ1n) is 16.4. The van der Waals surface area contributed by atoms with Crippen LogP contribution in [0.1, 0.15) is 106 Å². The summed E-state index contributed by atoms with van der Waals surface area (Å²) in [5, 5.41) is 0. The quantitative estimate of drug-likeness (QED) is 0.159. The molecule has 43 heavy (non-hydrogen) atoms. The van der Waals surface area contributed by atoms with Crippen molar-refractivity contribution in [2.45, 2.75) is 97.6 Å². The van der Waals surface area contributed by atoms with E-state index in [2.05, 4.69) is 140 Å². The Morgan fingerprint density at radius 3 is 2.19 bits per heavy atom. The Morgan fingerprint density at radius 2 is 1.53 bits per heavy atom. The van der Waals surface area contributed by atoms with Gasteiger partial charge in [-0.25, -0.2) is 0 Å². The molecule has 0 nitrogen and oxygen atoms in total. The first-order valence-corrected chi connectivity index (χ1v) is 24.7. The molecule has 0 fully saturated rings. The zero-order valence-corrected chi connectivity index (χ0v) is 31.4. The average molecular weight is 660 g/mol. The molecule has 1 unspecified atom stereocenters. The summed E-state index contributed by atoms with van der Waals surface area (Å²) in [5.74, 6) is -0.347. The van der Waals surface area contributed by atoms with Gasteiger partial charge in [-0.2, -0.15) is 0 Å². The van der Waals surface area contributed by atoms with Crippen LogP contribution in [-0.4, -0.2) is 5.92 Å². The summed E-state index contributed by atoms with van der Waals surface area (Å²) in [4.78, 5) is 0. The molecule has 0 radical (unpaired) electrons. The SMILES string of the molecule is CCCC1=Cc2c(-c3ccccc3)cccc2C1c1c2c(c[c]([Zr][SiH](C)C)c1C(C)(C)C)-c1ccc(C(C)(C)C)cc1C2. The fraction of sp³-hybridized carbons (Fsp3) is 0.366. The first kappa shape index (κ1) is 30.7. The van der Waals surface area contributed by atoms with Gasteiger partial charge in [0.1, 0.15) is 0 Å². The third kappa shape index (κ3) is 5.68. The van der Waals surface area contributed by atoms with E-state index >= 15 is 0 Å². The Hall–Kier alpha value is -2.28. The van der Waals surface area contributed by atoms with Gasteiger partial charge >= 0.3 is 275 Å². The molecule has 0 aromatic heterocycles. The van der Waals surface area contributed by atoms with Crippen LogP contribution >= 0.6 is 0 Å².